The van der Waals surface area contributed by atoms with Crippen LogP contribution in [0.1, 0.15) is 6.42 Å². The number of hydrogen-bond acceptors (Lipinski definition) is 3. The predicted octanol–water partition coefficient (Wildman–Crippen LogP) is 3.35. The fourth-order valence-electron chi connectivity index (χ4n) is 1.21. The summed E-state index contributed by atoms with van der Waals surface area (Å²) in [6, 6.07) is 8.09. The fraction of sp³-hybridized carbons (Fsp3) is 0.300. The van der Waals surface area contributed by atoms with Crippen LogP contribution in [-0.2, 0) is 0 Å². The van der Waals surface area contributed by atoms with E-state index in [4.69, 9.17) is 0 Å². The van der Waals surface area contributed by atoms with E-state index in [1.165, 1.54) is 6.42 Å². The molecule has 2 rings (SSSR count). The first kappa shape index (κ1) is 10.1. The van der Waals surface area contributed by atoms with Gasteiger partial charge in [0.1, 0.15) is 0 Å². The molecule has 0 aliphatic carbocycles. The molecule has 0 unspecified atom stereocenters. The summed E-state index contributed by atoms with van der Waals surface area (Å²) in [4.78, 5) is 4.41. The van der Waals surface area contributed by atoms with Crippen LogP contribution in [0.3, 0.4) is 0 Å². The zero-order valence-corrected chi connectivity index (χ0v) is 10.1. The van der Waals surface area contributed by atoms with Crippen molar-refractivity contribution in [2.75, 3.05) is 17.6 Å². The number of amidine groups is 1. The molecule has 0 saturated carbocycles. The van der Waals surface area contributed by atoms with Crippen LogP contribution in [0.5, 0.6) is 0 Å². The first-order valence-electron chi connectivity index (χ1n) is 4.55. The predicted molar refractivity (Wildman–Crippen MR) is 67.1 cm³/mol. The van der Waals surface area contributed by atoms with E-state index < -0.39 is 0 Å². The van der Waals surface area contributed by atoms with Crippen molar-refractivity contribution < 1.29 is 0 Å². The zero-order chi connectivity index (χ0) is 9.80. The quantitative estimate of drug-likeness (QED) is 0.847. The first-order chi connectivity index (χ1) is 6.86. The molecule has 1 aromatic rings. The maximum Gasteiger partial charge on any atom is 0.161 e. The molecule has 0 radical (unpaired) electrons. The molecule has 0 spiro atoms. The van der Waals surface area contributed by atoms with Crippen molar-refractivity contribution in [3.63, 3.8) is 0 Å². The lowest BCUT2D eigenvalue weighted by Crippen LogP contribution is -2.13. The first-order valence-corrected chi connectivity index (χ1v) is 6.33. The fourth-order valence-corrected chi connectivity index (χ4v) is 2.43. The zero-order valence-electron chi connectivity index (χ0n) is 7.66. The standard InChI is InChI=1S/C10H11BrN2S/c11-8-4-1-2-5-9(8)13-10-12-6-3-7-14-10/h1-2,4-5H,3,6-7H2,(H,12,13). The molecular formula is C10H11BrN2S. The van der Waals surface area contributed by atoms with E-state index in [1.54, 1.807) is 11.8 Å². The van der Waals surface area contributed by atoms with Gasteiger partial charge in [-0.1, -0.05) is 23.9 Å². The number of para-hydroxylation sites is 1. The minimum atomic E-state index is 0.944. The Labute approximate surface area is 96.3 Å². The van der Waals surface area contributed by atoms with Crippen LogP contribution in [0.15, 0.2) is 33.7 Å². The molecule has 14 heavy (non-hydrogen) atoms. The molecule has 4 heteroatoms. The molecule has 0 bridgehead atoms. The Balaban J connectivity index is 2.10. The summed E-state index contributed by atoms with van der Waals surface area (Å²) >= 11 is 5.28. The molecule has 1 N–H and O–H groups in total. The third-order valence-electron chi connectivity index (χ3n) is 1.91. The summed E-state index contributed by atoms with van der Waals surface area (Å²) in [5.74, 6) is 1.16. The van der Waals surface area contributed by atoms with Gasteiger partial charge in [0.05, 0.1) is 5.69 Å². The van der Waals surface area contributed by atoms with E-state index in [1.807, 2.05) is 24.3 Å². The topological polar surface area (TPSA) is 24.4 Å². The van der Waals surface area contributed by atoms with Gasteiger partial charge >= 0.3 is 0 Å². The van der Waals surface area contributed by atoms with Crippen molar-refractivity contribution in [3.05, 3.63) is 28.7 Å². The molecule has 2 nitrogen and oxygen atoms in total. The van der Waals surface area contributed by atoms with Gasteiger partial charge in [0.25, 0.3) is 0 Å². The van der Waals surface area contributed by atoms with E-state index in [2.05, 4.69) is 26.2 Å². The van der Waals surface area contributed by atoms with E-state index in [0.29, 0.717) is 0 Å². The Bertz CT molecular complexity index is 352. The Hall–Kier alpha value is -0.480. The number of thioether (sulfide) groups is 1. The Kier molecular flexibility index (Phi) is 3.48. The Morgan fingerprint density at radius 2 is 2.21 bits per heavy atom. The maximum absolute atomic E-state index is 4.41. The van der Waals surface area contributed by atoms with Crippen molar-refractivity contribution >= 4 is 38.5 Å². The van der Waals surface area contributed by atoms with E-state index in [9.17, 15) is 0 Å². The summed E-state index contributed by atoms with van der Waals surface area (Å²) in [6.07, 6.45) is 1.19. The van der Waals surface area contributed by atoms with E-state index >= 15 is 0 Å². The lowest BCUT2D eigenvalue weighted by molar-refractivity contribution is 0.938. The van der Waals surface area contributed by atoms with Gasteiger partial charge in [0.15, 0.2) is 5.17 Å². The van der Waals surface area contributed by atoms with Crippen LogP contribution in [0.2, 0.25) is 0 Å². The lowest BCUT2D eigenvalue weighted by atomic mass is 10.3. The summed E-state index contributed by atoms with van der Waals surface area (Å²) in [6.45, 7) is 0.944. The van der Waals surface area contributed by atoms with E-state index in [0.717, 1.165) is 27.6 Å². The number of benzene rings is 1. The van der Waals surface area contributed by atoms with Crippen LogP contribution in [0, 0.1) is 0 Å². The molecule has 1 heterocycles. The molecule has 1 aromatic carbocycles. The molecule has 1 aliphatic heterocycles. The molecule has 0 fully saturated rings. The van der Waals surface area contributed by atoms with Crippen molar-refractivity contribution in [2.45, 2.75) is 6.42 Å². The smallest absolute Gasteiger partial charge is 0.161 e. The summed E-state index contributed by atoms with van der Waals surface area (Å²) in [5.41, 5.74) is 1.08. The highest BCUT2D eigenvalue weighted by Crippen LogP contribution is 2.23. The minimum Gasteiger partial charge on any atom is -0.334 e. The highest BCUT2D eigenvalue weighted by atomic mass is 79.9. The largest absolute Gasteiger partial charge is 0.334 e. The van der Waals surface area contributed by atoms with Crippen molar-refractivity contribution in [1.29, 1.82) is 0 Å². The average Bonchev–Trinajstić information content (AvgIpc) is 2.23. The van der Waals surface area contributed by atoms with Crippen LogP contribution >= 0.6 is 27.7 Å². The highest BCUT2D eigenvalue weighted by Gasteiger charge is 2.06. The van der Waals surface area contributed by atoms with Crippen LogP contribution in [-0.4, -0.2) is 17.5 Å². The van der Waals surface area contributed by atoms with Gasteiger partial charge < -0.3 is 5.32 Å². The molecule has 74 valence electrons. The van der Waals surface area contributed by atoms with Crippen LogP contribution < -0.4 is 5.32 Å². The molecule has 1 aliphatic rings. The SMILES string of the molecule is Brc1ccccc1NC1=NCCCS1. The number of rotatable bonds is 1. The highest BCUT2D eigenvalue weighted by molar-refractivity contribution is 9.10. The third kappa shape index (κ3) is 2.51. The normalized spacial score (nSPS) is 16.2. The third-order valence-corrected chi connectivity index (χ3v) is 3.60. The van der Waals surface area contributed by atoms with Gasteiger partial charge in [0.2, 0.25) is 0 Å². The number of aliphatic imine (C=N–C) groups is 1. The molecule has 0 amide bonds. The Morgan fingerprint density at radius 3 is 2.93 bits per heavy atom. The molecule has 0 atom stereocenters. The van der Waals surface area contributed by atoms with Crippen LogP contribution in [0.25, 0.3) is 0 Å². The summed E-state index contributed by atoms with van der Waals surface area (Å²) < 4.78 is 1.08. The van der Waals surface area contributed by atoms with Gasteiger partial charge in [-0.3, -0.25) is 4.99 Å². The average molecular weight is 271 g/mol. The van der Waals surface area contributed by atoms with Crippen molar-refractivity contribution in [3.8, 4) is 0 Å². The maximum atomic E-state index is 4.41. The number of anilines is 1. The van der Waals surface area contributed by atoms with Gasteiger partial charge in [-0.05, 0) is 34.5 Å². The molecule has 0 saturated heterocycles. The van der Waals surface area contributed by atoms with Gasteiger partial charge in [0, 0.05) is 16.8 Å². The second kappa shape index (κ2) is 4.84. The second-order valence-corrected chi connectivity index (χ2v) is 4.93. The number of nitrogens with zero attached hydrogens (tertiary/aromatic N) is 1. The van der Waals surface area contributed by atoms with Crippen LogP contribution in [0.4, 0.5) is 5.69 Å². The second-order valence-electron chi connectivity index (χ2n) is 2.99. The lowest BCUT2D eigenvalue weighted by Gasteiger charge is -2.13. The molecule has 0 aromatic heterocycles. The van der Waals surface area contributed by atoms with Crippen molar-refractivity contribution in [2.24, 2.45) is 4.99 Å². The number of halogens is 1. The van der Waals surface area contributed by atoms with Gasteiger partial charge in [-0.2, -0.15) is 0 Å². The van der Waals surface area contributed by atoms with Gasteiger partial charge in [-0.15, -0.1) is 0 Å². The van der Waals surface area contributed by atoms with E-state index in [-0.39, 0.29) is 0 Å². The summed E-state index contributed by atoms with van der Waals surface area (Å²) in [5, 5.41) is 4.35. The van der Waals surface area contributed by atoms with Crippen molar-refractivity contribution in [1.82, 2.24) is 0 Å². The molecular weight excluding hydrogens is 260 g/mol. The Morgan fingerprint density at radius 1 is 1.36 bits per heavy atom. The van der Waals surface area contributed by atoms with Gasteiger partial charge in [-0.25, -0.2) is 0 Å². The number of nitrogens with one attached hydrogen (secondary N) is 1. The monoisotopic (exact) mass is 270 g/mol. The minimum absolute atomic E-state index is 0.944. The summed E-state index contributed by atoms with van der Waals surface area (Å²) in [7, 11) is 0. The number of hydrogen-bond donors (Lipinski definition) is 1.